The van der Waals surface area contributed by atoms with Crippen molar-refractivity contribution in [2.45, 2.75) is 102 Å². The Balaban J connectivity index is 0.662. The van der Waals surface area contributed by atoms with E-state index < -0.39 is 43.4 Å². The van der Waals surface area contributed by atoms with Crippen molar-refractivity contribution in [2.24, 2.45) is 11.3 Å². The van der Waals surface area contributed by atoms with Gasteiger partial charge in [0.15, 0.2) is 0 Å². The molecule has 11 rings (SSSR count). The molecule has 4 aromatic carbocycles. The van der Waals surface area contributed by atoms with Crippen molar-refractivity contribution in [3.63, 3.8) is 0 Å². The van der Waals surface area contributed by atoms with Crippen molar-refractivity contribution in [3.05, 3.63) is 152 Å². The maximum atomic E-state index is 14.2. The molecule has 6 aromatic rings. The number of hydrogen-bond donors (Lipinski definition) is 4. The number of H-pyrrole nitrogens is 1. The fourth-order valence-corrected chi connectivity index (χ4v) is 13.5. The van der Waals surface area contributed by atoms with Gasteiger partial charge in [-0.2, -0.15) is 0 Å². The van der Waals surface area contributed by atoms with Gasteiger partial charge in [0.25, 0.3) is 27.5 Å². The van der Waals surface area contributed by atoms with Gasteiger partial charge >= 0.3 is 0 Å². The maximum absolute atomic E-state index is 14.2. The van der Waals surface area contributed by atoms with E-state index in [9.17, 15) is 37.7 Å². The van der Waals surface area contributed by atoms with Crippen molar-refractivity contribution in [1.29, 1.82) is 0 Å². The molecule has 448 valence electrons. The number of likely N-dealkylation sites (tertiary alicyclic amines) is 1. The number of fused-ring (bicyclic) bond motifs is 2. The summed E-state index contributed by atoms with van der Waals surface area (Å²) in [4.78, 5) is 78.8. The molecule has 2 aromatic heterocycles. The van der Waals surface area contributed by atoms with Crippen molar-refractivity contribution in [3.8, 4) is 23.3 Å². The lowest BCUT2D eigenvalue weighted by molar-refractivity contribution is -0.384. The molecule has 6 heterocycles. The Bertz CT molecular complexity index is 3800. The summed E-state index contributed by atoms with van der Waals surface area (Å²) in [5.41, 5.74) is 7.66. The predicted octanol–water partition coefficient (Wildman–Crippen LogP) is 10.3. The summed E-state index contributed by atoms with van der Waals surface area (Å²) in [5, 5.41) is 19.5. The smallest absolute Gasteiger partial charge is 0.293 e. The second-order valence-corrected chi connectivity index (χ2v) is 26.1. The van der Waals surface area contributed by atoms with Gasteiger partial charge in [0.1, 0.15) is 28.9 Å². The van der Waals surface area contributed by atoms with Crippen LogP contribution >= 0.6 is 11.6 Å². The number of anilines is 2. The van der Waals surface area contributed by atoms with E-state index in [1.165, 1.54) is 39.9 Å². The van der Waals surface area contributed by atoms with E-state index in [0.717, 1.165) is 130 Å². The number of unbranched alkanes of at least 4 members (excludes halogenated alkanes) is 3. The van der Waals surface area contributed by atoms with Crippen LogP contribution in [0.2, 0.25) is 5.02 Å². The van der Waals surface area contributed by atoms with Gasteiger partial charge in [0.05, 0.1) is 21.6 Å². The summed E-state index contributed by atoms with van der Waals surface area (Å²) in [6, 6.07) is 25.3. The first-order chi connectivity index (χ1) is 41.4. The SMILES string of the molecule is CC1(C)CCC(CN2CCN(c3ccc(C(=O)NS(=O)(=O)c4ccc(NCC5CCN(CCCCCC#Cc6ccc7c(c6)CN(C6CCC(=O)NC6=O)C7=O)CC5)c([N+](=O)[O-])c4)c(Oc4cnc5[nH]ccc5c4)c3)CC2)=C(c2ccc(Cl)cc2)C1. The average Bonchev–Trinajstić information content (AvgIpc) is 2.41. The van der Waals surface area contributed by atoms with Crippen LogP contribution in [0.25, 0.3) is 16.6 Å². The van der Waals surface area contributed by atoms with Gasteiger partial charge in [-0.3, -0.25) is 39.5 Å². The number of nitro benzene ring substituents is 1. The minimum Gasteiger partial charge on any atom is -0.455 e. The number of carbonyl (C=O) groups is 4. The molecule has 19 nitrogen and oxygen atoms in total. The van der Waals surface area contributed by atoms with Crippen molar-refractivity contribution >= 4 is 78.9 Å². The molecule has 86 heavy (non-hydrogen) atoms. The topological polar surface area (TPSA) is 233 Å². The first-order valence-corrected chi connectivity index (χ1v) is 31.6. The fraction of sp³-hybridized carbons (Fsp3) is 0.400. The number of nitro groups is 1. The lowest BCUT2D eigenvalue weighted by Crippen LogP contribution is -2.52. The number of pyridine rings is 1. The van der Waals surface area contributed by atoms with Crippen molar-refractivity contribution in [1.82, 2.24) is 34.7 Å². The predicted molar refractivity (Wildman–Crippen MR) is 331 cm³/mol. The highest BCUT2D eigenvalue weighted by molar-refractivity contribution is 7.90. The molecule has 5 aliphatic rings. The molecule has 21 heteroatoms. The normalized spacial score (nSPS) is 18.6. The molecule has 0 spiro atoms. The van der Waals surface area contributed by atoms with E-state index in [0.29, 0.717) is 49.6 Å². The van der Waals surface area contributed by atoms with E-state index in [4.69, 9.17) is 16.3 Å². The molecule has 4 amide bonds. The van der Waals surface area contributed by atoms with Gasteiger partial charge in [-0.05, 0) is 166 Å². The number of rotatable bonds is 19. The number of halogens is 1. The van der Waals surface area contributed by atoms with Crippen LogP contribution in [0.3, 0.4) is 0 Å². The highest BCUT2D eigenvalue weighted by atomic mass is 35.5. The van der Waals surface area contributed by atoms with Crippen molar-refractivity contribution in [2.75, 3.05) is 69.1 Å². The molecule has 4 aliphatic heterocycles. The Morgan fingerprint density at radius 3 is 2.48 bits per heavy atom. The number of piperazine rings is 1. The third-order valence-corrected chi connectivity index (χ3v) is 18.9. The van der Waals surface area contributed by atoms with Crippen LogP contribution in [0, 0.1) is 33.3 Å². The van der Waals surface area contributed by atoms with Crippen LogP contribution in [0.5, 0.6) is 11.5 Å². The summed E-state index contributed by atoms with van der Waals surface area (Å²) < 4.78 is 36.5. The number of nitrogens with one attached hydrogen (secondary N) is 4. The quantitative estimate of drug-likeness (QED) is 0.0194. The molecule has 3 fully saturated rings. The van der Waals surface area contributed by atoms with Gasteiger partial charge in [-0.1, -0.05) is 61.4 Å². The maximum Gasteiger partial charge on any atom is 0.293 e. The van der Waals surface area contributed by atoms with Gasteiger partial charge in [-0.25, -0.2) is 18.1 Å². The number of amides is 4. The standard InChI is InChI=1S/C65H71ClN10O9S/c1-65(2)25-21-47(55(38-65)45-10-12-49(66)13-11-45)41-73-30-32-74(33-31-73)50-14-17-54(59(36-50)85-51-35-46-22-26-67-61(46)69-40-51)62(78)71-86(83,84)52-15-18-56(58(37-52)76(81)82)68-39-44-23-28-72(29-24-44)27-7-5-3-4-6-8-43-9-16-53-48(34-43)42-75(64(53)80)57-19-20-60(77)70-63(57)79/h9-18,22,26,34-37,40,44,57,68H,3-5,7,19-21,23-25,27-33,38-39,41-42H2,1-2H3,(H,67,69)(H,71,78)(H,70,77,79). The number of benzene rings is 4. The minimum absolute atomic E-state index is 0.0506. The molecule has 0 radical (unpaired) electrons. The third-order valence-electron chi connectivity index (χ3n) is 17.4. The second kappa shape index (κ2) is 25.9. The number of carbonyl (C=O) groups excluding carboxylic acids is 4. The third kappa shape index (κ3) is 14.1. The van der Waals surface area contributed by atoms with E-state index in [1.807, 2.05) is 30.3 Å². The highest BCUT2D eigenvalue weighted by Gasteiger charge is 2.39. The zero-order valence-corrected chi connectivity index (χ0v) is 50.0. The Hall–Kier alpha value is -8.09. The van der Waals surface area contributed by atoms with E-state index in [1.54, 1.807) is 36.5 Å². The molecular formula is C65H71ClN10O9S. The Morgan fingerprint density at radius 1 is 0.895 bits per heavy atom. The molecule has 0 bridgehead atoms. The van der Waals surface area contributed by atoms with Gasteiger partial charge in [0.2, 0.25) is 11.8 Å². The lowest BCUT2D eigenvalue weighted by atomic mass is 9.72. The summed E-state index contributed by atoms with van der Waals surface area (Å²) in [6.07, 6.45) is 12.5. The second-order valence-electron chi connectivity index (χ2n) is 24.0. The summed E-state index contributed by atoms with van der Waals surface area (Å²) >= 11 is 6.27. The zero-order chi connectivity index (χ0) is 60.1. The molecule has 1 unspecified atom stereocenters. The van der Waals surface area contributed by atoms with Gasteiger partial charge < -0.3 is 29.7 Å². The first kappa shape index (κ1) is 59.6. The number of allylic oxidation sites excluding steroid dienone is 1. The van der Waals surface area contributed by atoms with Crippen LogP contribution in [-0.4, -0.2) is 127 Å². The van der Waals surface area contributed by atoms with E-state index in [-0.39, 0.29) is 46.6 Å². The molecule has 1 atom stereocenters. The number of sulfonamides is 1. The number of nitrogens with zero attached hydrogens (tertiary/aromatic N) is 6. The van der Waals surface area contributed by atoms with Gasteiger partial charge in [-0.15, -0.1) is 0 Å². The number of aromatic nitrogens is 2. The number of imide groups is 1. The Kier molecular flexibility index (Phi) is 17.9. The Morgan fingerprint density at radius 2 is 1.70 bits per heavy atom. The highest BCUT2D eigenvalue weighted by Crippen LogP contribution is 2.44. The van der Waals surface area contributed by atoms with Crippen LogP contribution in [0.4, 0.5) is 17.1 Å². The Labute approximate surface area is 506 Å². The molecule has 1 aliphatic carbocycles. The molecule has 3 saturated heterocycles. The summed E-state index contributed by atoms with van der Waals surface area (Å²) in [5.74, 6) is 5.28. The lowest BCUT2D eigenvalue weighted by Gasteiger charge is -2.39. The number of aromatic amines is 1. The monoisotopic (exact) mass is 1200 g/mol. The fourth-order valence-electron chi connectivity index (χ4n) is 12.4. The number of piperidine rings is 2. The number of ether oxygens (including phenoxy) is 1. The zero-order valence-electron chi connectivity index (χ0n) is 48.5. The van der Waals surface area contributed by atoms with E-state index in [2.05, 4.69) is 77.8 Å². The van der Waals surface area contributed by atoms with Gasteiger partial charge in [0, 0.05) is 104 Å². The van der Waals surface area contributed by atoms with Crippen molar-refractivity contribution < 1.29 is 37.3 Å². The largest absolute Gasteiger partial charge is 0.455 e. The van der Waals surface area contributed by atoms with E-state index >= 15 is 0 Å². The first-order valence-electron chi connectivity index (χ1n) is 29.7. The van der Waals surface area contributed by atoms with Crippen LogP contribution < -0.4 is 25.0 Å². The van der Waals surface area contributed by atoms with Crippen LogP contribution in [0.1, 0.15) is 122 Å². The molecule has 4 N–H and O–H groups in total. The van der Waals surface area contributed by atoms with Crippen LogP contribution in [-0.2, 0) is 26.2 Å². The number of hydrogen-bond acceptors (Lipinski definition) is 14. The molecule has 0 saturated carbocycles. The minimum atomic E-state index is -4.62. The van der Waals surface area contributed by atoms with Crippen LogP contribution in [0.15, 0.2) is 114 Å². The summed E-state index contributed by atoms with van der Waals surface area (Å²) in [6.45, 7) is 12.1. The average molecular weight is 1200 g/mol. The molecular weight excluding hydrogens is 1130 g/mol. The summed E-state index contributed by atoms with van der Waals surface area (Å²) in [7, 11) is -4.62.